The van der Waals surface area contributed by atoms with Crippen LogP contribution in [0, 0.1) is 0 Å². The van der Waals surface area contributed by atoms with Crippen LogP contribution in [0.2, 0.25) is 0 Å². The first-order valence-corrected chi connectivity index (χ1v) is 3.53. The molecule has 3 nitrogen and oxygen atoms in total. The van der Waals surface area contributed by atoms with Crippen LogP contribution >= 0.6 is 0 Å². The summed E-state index contributed by atoms with van der Waals surface area (Å²) in [4.78, 5) is 10.5. The summed E-state index contributed by atoms with van der Waals surface area (Å²) < 4.78 is 36.8. The third-order valence-corrected chi connectivity index (χ3v) is 1.62. The van der Waals surface area contributed by atoms with E-state index in [0.29, 0.717) is 6.07 Å². The van der Waals surface area contributed by atoms with Crippen molar-refractivity contribution in [3.63, 3.8) is 0 Å². The molecular weight excluding hydrogens is 199 g/mol. The maximum Gasteiger partial charge on any atom is 0.417 e. The number of nitrogen functional groups attached to an aromatic ring is 1. The Morgan fingerprint density at radius 2 is 1.93 bits per heavy atom. The maximum atomic E-state index is 12.3. The highest BCUT2D eigenvalue weighted by molar-refractivity contribution is 5.95. The molecule has 0 atom stereocenters. The van der Waals surface area contributed by atoms with E-state index in [-0.39, 0.29) is 0 Å². The lowest BCUT2D eigenvalue weighted by Crippen LogP contribution is -2.14. The zero-order chi connectivity index (χ0) is 10.9. The van der Waals surface area contributed by atoms with Gasteiger partial charge in [0.2, 0.25) is 0 Å². The number of carboxylic acid groups (broad SMARTS) is 1. The van der Waals surface area contributed by atoms with Gasteiger partial charge in [0.15, 0.2) is 0 Å². The Labute approximate surface area is 77.0 Å². The van der Waals surface area contributed by atoms with Gasteiger partial charge in [-0.25, -0.2) is 4.79 Å². The van der Waals surface area contributed by atoms with Gasteiger partial charge in [0.05, 0.1) is 11.1 Å². The fourth-order valence-corrected chi connectivity index (χ4v) is 1.05. The zero-order valence-corrected chi connectivity index (χ0v) is 6.80. The molecule has 14 heavy (non-hydrogen) atoms. The summed E-state index contributed by atoms with van der Waals surface area (Å²) in [5.74, 6) is -1.68. The molecule has 0 aliphatic carbocycles. The average Bonchev–Trinajstić information content (AvgIpc) is 2.01. The fourth-order valence-electron chi connectivity index (χ4n) is 1.05. The van der Waals surface area contributed by atoms with Gasteiger partial charge in [-0.3, -0.25) is 0 Å². The molecule has 0 aromatic heterocycles. The zero-order valence-electron chi connectivity index (χ0n) is 6.80. The highest BCUT2D eigenvalue weighted by Gasteiger charge is 2.36. The van der Waals surface area contributed by atoms with E-state index in [4.69, 9.17) is 10.8 Å². The first-order chi connectivity index (χ1) is 6.34. The predicted molar refractivity (Wildman–Crippen MR) is 42.8 cm³/mol. The van der Waals surface area contributed by atoms with Crippen molar-refractivity contribution in [3.05, 3.63) is 29.3 Å². The Hall–Kier alpha value is -1.72. The van der Waals surface area contributed by atoms with Gasteiger partial charge in [0.1, 0.15) is 0 Å². The topological polar surface area (TPSA) is 63.3 Å². The van der Waals surface area contributed by atoms with Gasteiger partial charge in [-0.15, -0.1) is 0 Å². The summed E-state index contributed by atoms with van der Waals surface area (Å²) in [6.07, 6.45) is -4.71. The summed E-state index contributed by atoms with van der Waals surface area (Å²) in [7, 11) is 0. The quantitative estimate of drug-likeness (QED) is 0.689. The molecule has 0 saturated carbocycles. The summed E-state index contributed by atoms with van der Waals surface area (Å²) in [6.45, 7) is 0. The summed E-state index contributed by atoms with van der Waals surface area (Å²) in [6, 6.07) is 2.85. The van der Waals surface area contributed by atoms with Gasteiger partial charge < -0.3 is 10.8 Å². The lowest BCUT2D eigenvalue weighted by molar-refractivity contribution is -0.138. The van der Waals surface area contributed by atoms with E-state index in [9.17, 15) is 18.0 Å². The van der Waals surface area contributed by atoms with Gasteiger partial charge in [0.25, 0.3) is 0 Å². The molecule has 1 aromatic carbocycles. The van der Waals surface area contributed by atoms with Crippen LogP contribution in [0.4, 0.5) is 18.9 Å². The van der Waals surface area contributed by atoms with Gasteiger partial charge in [-0.05, 0) is 12.1 Å². The van der Waals surface area contributed by atoms with Gasteiger partial charge in [-0.2, -0.15) is 13.2 Å². The van der Waals surface area contributed by atoms with Crippen molar-refractivity contribution in [1.29, 1.82) is 0 Å². The minimum Gasteiger partial charge on any atom is -0.478 e. The van der Waals surface area contributed by atoms with E-state index < -0.39 is 29.0 Å². The van der Waals surface area contributed by atoms with Crippen LogP contribution < -0.4 is 5.73 Å². The minimum absolute atomic E-state index is 0.396. The van der Waals surface area contributed by atoms with E-state index in [2.05, 4.69) is 0 Å². The first kappa shape index (κ1) is 10.4. The Kier molecular flexibility index (Phi) is 2.37. The molecule has 6 heteroatoms. The number of hydrogen-bond acceptors (Lipinski definition) is 2. The minimum atomic E-state index is -4.71. The Bertz CT molecular complexity index is 373. The molecule has 1 aromatic rings. The lowest BCUT2D eigenvalue weighted by atomic mass is 10.1. The molecule has 0 saturated heterocycles. The normalized spacial score (nSPS) is 11.4. The summed E-state index contributed by atoms with van der Waals surface area (Å²) in [5.41, 5.74) is 2.61. The van der Waals surface area contributed by atoms with Crippen molar-refractivity contribution >= 4 is 11.7 Å². The third kappa shape index (κ3) is 1.78. The first-order valence-electron chi connectivity index (χ1n) is 3.53. The van der Waals surface area contributed by atoms with Crippen molar-refractivity contribution in [1.82, 2.24) is 0 Å². The fraction of sp³-hybridized carbons (Fsp3) is 0.125. The van der Waals surface area contributed by atoms with Crippen LogP contribution in [-0.2, 0) is 6.18 Å². The number of carbonyl (C=O) groups is 1. The van der Waals surface area contributed by atoms with Crippen LogP contribution in [0.5, 0.6) is 0 Å². The van der Waals surface area contributed by atoms with Gasteiger partial charge in [0, 0.05) is 5.69 Å². The molecule has 76 valence electrons. The van der Waals surface area contributed by atoms with Crippen LogP contribution in [0.3, 0.4) is 0 Å². The highest BCUT2D eigenvalue weighted by Crippen LogP contribution is 2.34. The second kappa shape index (κ2) is 3.21. The maximum absolute atomic E-state index is 12.3. The van der Waals surface area contributed by atoms with Crippen LogP contribution in [0.15, 0.2) is 18.2 Å². The number of anilines is 1. The number of alkyl halides is 3. The van der Waals surface area contributed by atoms with Gasteiger partial charge in [-0.1, -0.05) is 6.07 Å². The van der Waals surface area contributed by atoms with E-state index >= 15 is 0 Å². The van der Waals surface area contributed by atoms with Crippen LogP contribution in [0.25, 0.3) is 0 Å². The van der Waals surface area contributed by atoms with E-state index in [1.165, 1.54) is 0 Å². The molecule has 0 fully saturated rings. The Morgan fingerprint density at radius 3 is 2.29 bits per heavy atom. The van der Waals surface area contributed by atoms with E-state index in [1.54, 1.807) is 0 Å². The molecule has 1 rings (SSSR count). The number of halogens is 3. The Balaban J connectivity index is 3.44. The number of hydrogen-bond donors (Lipinski definition) is 2. The molecular formula is C8H6F3NO2. The van der Waals surface area contributed by atoms with Crippen LogP contribution in [0.1, 0.15) is 15.9 Å². The monoisotopic (exact) mass is 205 g/mol. The molecule has 0 radical (unpaired) electrons. The smallest absolute Gasteiger partial charge is 0.417 e. The predicted octanol–water partition coefficient (Wildman–Crippen LogP) is 1.99. The van der Waals surface area contributed by atoms with E-state index in [1.807, 2.05) is 0 Å². The number of benzene rings is 1. The van der Waals surface area contributed by atoms with Crippen molar-refractivity contribution in [2.45, 2.75) is 6.18 Å². The second-order valence-electron chi connectivity index (χ2n) is 2.57. The molecule has 0 aliphatic heterocycles. The molecule has 0 spiro atoms. The number of carboxylic acids is 1. The Morgan fingerprint density at radius 1 is 1.36 bits per heavy atom. The lowest BCUT2D eigenvalue weighted by Gasteiger charge is -2.11. The van der Waals surface area contributed by atoms with Crippen molar-refractivity contribution in [3.8, 4) is 0 Å². The van der Waals surface area contributed by atoms with Crippen molar-refractivity contribution < 1.29 is 23.1 Å². The van der Waals surface area contributed by atoms with Crippen molar-refractivity contribution in [2.75, 3.05) is 5.73 Å². The summed E-state index contributed by atoms with van der Waals surface area (Å²) >= 11 is 0. The highest BCUT2D eigenvalue weighted by atomic mass is 19.4. The standard InChI is InChI=1S/C8H6F3NO2/c9-8(10,11)4-2-1-3-5(12)6(4)7(13)14/h1-3H,12H2,(H,13,14). The molecule has 0 aliphatic rings. The SMILES string of the molecule is Nc1cccc(C(F)(F)F)c1C(=O)O. The molecule has 0 amide bonds. The molecule has 0 unspecified atom stereocenters. The largest absolute Gasteiger partial charge is 0.478 e. The van der Waals surface area contributed by atoms with Crippen LogP contribution in [-0.4, -0.2) is 11.1 Å². The molecule has 3 N–H and O–H groups in total. The van der Waals surface area contributed by atoms with Gasteiger partial charge >= 0.3 is 12.1 Å². The summed E-state index contributed by atoms with van der Waals surface area (Å²) in [5, 5.41) is 8.53. The van der Waals surface area contributed by atoms with Crippen molar-refractivity contribution in [2.24, 2.45) is 0 Å². The number of rotatable bonds is 1. The average molecular weight is 205 g/mol. The third-order valence-electron chi connectivity index (χ3n) is 1.62. The number of aromatic carboxylic acids is 1. The number of nitrogens with two attached hydrogens (primary N) is 1. The molecule has 0 heterocycles. The van der Waals surface area contributed by atoms with E-state index in [0.717, 1.165) is 12.1 Å². The molecule has 0 bridgehead atoms. The second-order valence-corrected chi connectivity index (χ2v) is 2.57.